The summed E-state index contributed by atoms with van der Waals surface area (Å²) in [6.45, 7) is -0.0509. The van der Waals surface area contributed by atoms with E-state index in [2.05, 4.69) is 42.5 Å². The van der Waals surface area contributed by atoms with Crippen LogP contribution in [0, 0.1) is 0 Å². The van der Waals surface area contributed by atoms with Crippen LogP contribution >= 0.6 is 39.5 Å². The normalized spacial score (nSPS) is 17.8. The highest BCUT2D eigenvalue weighted by Crippen LogP contribution is 2.45. The number of thiophene rings is 1. The van der Waals surface area contributed by atoms with Crippen molar-refractivity contribution in [3.05, 3.63) is 69.1 Å². The van der Waals surface area contributed by atoms with Crippen LogP contribution in [0.4, 0.5) is 11.4 Å². The second-order valence-electron chi connectivity index (χ2n) is 7.00. The third-order valence-corrected chi connectivity index (χ3v) is 7.00. The summed E-state index contributed by atoms with van der Waals surface area (Å²) in [6.07, 6.45) is 1.78. The zero-order valence-corrected chi connectivity index (χ0v) is 20.6. The van der Waals surface area contributed by atoms with Crippen LogP contribution in [0.1, 0.15) is 22.7 Å². The number of aromatic nitrogens is 1. The van der Waals surface area contributed by atoms with Crippen LogP contribution in [0.5, 0.6) is 5.75 Å². The van der Waals surface area contributed by atoms with Gasteiger partial charge in [-0.2, -0.15) is 0 Å². The number of ether oxygens (including phenoxy) is 2. The molecule has 166 valence electrons. The summed E-state index contributed by atoms with van der Waals surface area (Å²) < 4.78 is 11.4. The minimum atomic E-state index is -0.268. The number of amides is 1. The standard InChI is InChI=1S/C22H21BrN4O3S2/c1-29-12-19(28)25-15-11-13(6-7-16(15)30-2)27-21(17-8-9-18(23)32-17)20(26-22(27)31)14-5-3-4-10-24-14/h3-11,20-21H,12H2,1-2H3,(H,25,28)(H,26,31)/t20-,21-/m1/s1. The lowest BCUT2D eigenvalue weighted by Crippen LogP contribution is -2.29. The maximum absolute atomic E-state index is 12.1. The fraction of sp³-hybridized carbons (Fsp3) is 0.227. The van der Waals surface area contributed by atoms with E-state index in [4.69, 9.17) is 21.7 Å². The molecule has 0 aliphatic carbocycles. The molecule has 1 aliphatic heterocycles. The predicted molar refractivity (Wildman–Crippen MR) is 133 cm³/mol. The second-order valence-corrected chi connectivity index (χ2v) is 9.89. The maximum atomic E-state index is 12.1. The van der Waals surface area contributed by atoms with Gasteiger partial charge in [0, 0.05) is 23.9 Å². The van der Waals surface area contributed by atoms with Gasteiger partial charge < -0.3 is 25.0 Å². The Morgan fingerprint density at radius 1 is 1.28 bits per heavy atom. The molecule has 0 saturated carbocycles. The van der Waals surface area contributed by atoms with Crippen LogP contribution in [0.2, 0.25) is 0 Å². The number of methoxy groups -OCH3 is 2. The highest BCUT2D eigenvalue weighted by Gasteiger charge is 2.41. The molecule has 2 atom stereocenters. The molecule has 1 aromatic carbocycles. The number of benzene rings is 1. The maximum Gasteiger partial charge on any atom is 0.250 e. The average molecular weight is 533 g/mol. The lowest BCUT2D eigenvalue weighted by atomic mass is 10.0. The number of hydrogen-bond donors (Lipinski definition) is 2. The summed E-state index contributed by atoms with van der Waals surface area (Å²) in [5.41, 5.74) is 2.26. The monoisotopic (exact) mass is 532 g/mol. The number of pyridine rings is 1. The highest BCUT2D eigenvalue weighted by molar-refractivity contribution is 9.11. The summed E-state index contributed by atoms with van der Waals surface area (Å²) in [7, 11) is 3.04. The number of carbonyl (C=O) groups is 1. The van der Waals surface area contributed by atoms with Gasteiger partial charge in [-0.05, 0) is 70.6 Å². The van der Waals surface area contributed by atoms with Gasteiger partial charge in [0.2, 0.25) is 5.91 Å². The minimum Gasteiger partial charge on any atom is -0.495 e. The SMILES string of the molecule is COCC(=O)Nc1cc(N2C(=S)N[C@H](c3ccccn3)[C@H]2c2ccc(Br)s2)ccc1OC. The van der Waals surface area contributed by atoms with E-state index in [9.17, 15) is 4.79 Å². The molecule has 0 bridgehead atoms. The van der Waals surface area contributed by atoms with Crippen LogP contribution in [-0.4, -0.2) is 36.8 Å². The third-order valence-electron chi connectivity index (χ3n) is 4.99. The zero-order valence-electron chi connectivity index (χ0n) is 17.4. The molecule has 1 aliphatic rings. The van der Waals surface area contributed by atoms with Crippen LogP contribution in [0.15, 0.2) is 58.5 Å². The molecule has 3 aromatic rings. The molecule has 10 heteroatoms. The number of thiocarbonyl (C=S) groups is 1. The Balaban J connectivity index is 1.77. The Labute approximate surface area is 203 Å². The van der Waals surface area contributed by atoms with Crippen molar-refractivity contribution in [2.45, 2.75) is 12.1 Å². The van der Waals surface area contributed by atoms with Crippen LogP contribution in [0.25, 0.3) is 0 Å². The number of carbonyl (C=O) groups excluding carboxylic acids is 1. The molecular weight excluding hydrogens is 512 g/mol. The van der Waals surface area contributed by atoms with Crippen molar-refractivity contribution < 1.29 is 14.3 Å². The van der Waals surface area contributed by atoms with Crippen molar-refractivity contribution >= 4 is 61.9 Å². The average Bonchev–Trinajstić information content (AvgIpc) is 3.37. The van der Waals surface area contributed by atoms with Crippen LogP contribution in [0.3, 0.4) is 0 Å². The molecule has 1 saturated heterocycles. The largest absolute Gasteiger partial charge is 0.495 e. The van der Waals surface area contributed by atoms with Crippen molar-refractivity contribution in [2.75, 3.05) is 31.0 Å². The Hall–Kier alpha value is -2.53. The predicted octanol–water partition coefficient (Wildman–Crippen LogP) is 4.68. The number of nitrogens with zero attached hydrogens (tertiary/aromatic N) is 2. The smallest absolute Gasteiger partial charge is 0.250 e. The van der Waals surface area contributed by atoms with E-state index >= 15 is 0 Å². The van der Waals surface area contributed by atoms with Gasteiger partial charge in [-0.3, -0.25) is 9.78 Å². The lowest BCUT2D eigenvalue weighted by molar-refractivity contribution is -0.119. The first-order valence-electron chi connectivity index (χ1n) is 9.74. The van der Waals surface area contributed by atoms with Gasteiger partial charge in [0.05, 0.1) is 34.4 Å². The number of hydrogen-bond acceptors (Lipinski definition) is 6. The molecular formula is C22H21BrN4O3S2. The zero-order chi connectivity index (χ0) is 22.7. The Morgan fingerprint density at radius 3 is 2.78 bits per heavy atom. The van der Waals surface area contributed by atoms with Crippen molar-refractivity contribution in [3.63, 3.8) is 0 Å². The molecule has 2 aromatic heterocycles. The fourth-order valence-electron chi connectivity index (χ4n) is 3.67. The van der Waals surface area contributed by atoms with Gasteiger partial charge in [-0.15, -0.1) is 11.3 Å². The topological polar surface area (TPSA) is 75.7 Å². The van der Waals surface area contributed by atoms with E-state index in [-0.39, 0.29) is 24.6 Å². The Bertz CT molecular complexity index is 1130. The molecule has 0 radical (unpaired) electrons. The van der Waals surface area contributed by atoms with Gasteiger partial charge in [-0.25, -0.2) is 0 Å². The quantitative estimate of drug-likeness (QED) is 0.428. The first kappa shape index (κ1) is 22.7. The molecule has 7 nitrogen and oxygen atoms in total. The molecule has 1 fully saturated rings. The van der Waals surface area contributed by atoms with Gasteiger partial charge in [0.1, 0.15) is 12.4 Å². The summed E-state index contributed by atoms with van der Waals surface area (Å²) >= 11 is 11.0. The molecule has 1 amide bonds. The van der Waals surface area contributed by atoms with Gasteiger partial charge in [0.15, 0.2) is 5.11 Å². The molecule has 0 unspecified atom stereocenters. The first-order chi connectivity index (χ1) is 15.5. The molecule has 0 spiro atoms. The molecule has 32 heavy (non-hydrogen) atoms. The van der Waals surface area contributed by atoms with Gasteiger partial charge >= 0.3 is 0 Å². The first-order valence-corrected chi connectivity index (χ1v) is 11.8. The Morgan fingerprint density at radius 2 is 2.12 bits per heavy atom. The van der Waals surface area contributed by atoms with E-state index in [0.29, 0.717) is 16.5 Å². The van der Waals surface area contributed by atoms with Gasteiger partial charge in [0.25, 0.3) is 0 Å². The summed E-state index contributed by atoms with van der Waals surface area (Å²) in [5, 5.41) is 6.86. The van der Waals surface area contributed by atoms with Crippen LogP contribution < -0.4 is 20.3 Å². The van der Waals surface area contributed by atoms with E-state index in [1.165, 1.54) is 7.11 Å². The van der Waals surface area contributed by atoms with Crippen molar-refractivity contribution in [1.82, 2.24) is 10.3 Å². The highest BCUT2D eigenvalue weighted by atomic mass is 79.9. The van der Waals surface area contributed by atoms with Crippen LogP contribution in [-0.2, 0) is 9.53 Å². The van der Waals surface area contributed by atoms with E-state index in [0.717, 1.165) is 20.0 Å². The Kier molecular flexibility index (Phi) is 7.04. The van der Waals surface area contributed by atoms with E-state index in [1.54, 1.807) is 24.6 Å². The van der Waals surface area contributed by atoms with E-state index in [1.807, 2.05) is 42.5 Å². The van der Waals surface area contributed by atoms with Crippen molar-refractivity contribution in [1.29, 1.82) is 0 Å². The van der Waals surface area contributed by atoms with Gasteiger partial charge in [-0.1, -0.05) is 6.07 Å². The second kappa shape index (κ2) is 9.95. The summed E-state index contributed by atoms with van der Waals surface area (Å²) in [5.74, 6) is 0.281. The summed E-state index contributed by atoms with van der Waals surface area (Å²) in [4.78, 5) is 19.9. The lowest BCUT2D eigenvalue weighted by Gasteiger charge is -2.27. The number of anilines is 2. The van der Waals surface area contributed by atoms with Crippen molar-refractivity contribution in [2.24, 2.45) is 0 Å². The number of rotatable bonds is 7. The molecule has 4 rings (SSSR count). The third kappa shape index (κ3) is 4.63. The fourth-order valence-corrected chi connectivity index (χ4v) is 5.57. The summed E-state index contributed by atoms with van der Waals surface area (Å²) in [6, 6.07) is 15.3. The van der Waals surface area contributed by atoms with Crippen molar-refractivity contribution in [3.8, 4) is 5.75 Å². The minimum absolute atomic E-state index is 0.0509. The van der Waals surface area contributed by atoms with E-state index < -0.39 is 0 Å². The molecule has 2 N–H and O–H groups in total. The number of nitrogens with one attached hydrogen (secondary N) is 2. The number of halogens is 1. The molecule has 3 heterocycles.